The van der Waals surface area contributed by atoms with Crippen molar-refractivity contribution in [1.82, 2.24) is 4.31 Å². The highest BCUT2D eigenvalue weighted by Gasteiger charge is 2.28. The number of benzene rings is 1. The summed E-state index contributed by atoms with van der Waals surface area (Å²) in [6.07, 6.45) is 0.597. The van der Waals surface area contributed by atoms with E-state index in [0.29, 0.717) is 17.9 Å². The van der Waals surface area contributed by atoms with Crippen LogP contribution in [0.3, 0.4) is 0 Å². The lowest BCUT2D eigenvalue weighted by Gasteiger charge is -2.25. The Kier molecular flexibility index (Phi) is 3.51. The van der Waals surface area contributed by atoms with Crippen LogP contribution in [0.5, 0.6) is 0 Å². The topological polar surface area (TPSA) is 54.5 Å². The normalized spacial score (nSPS) is 18.3. The van der Waals surface area contributed by atoms with Crippen molar-refractivity contribution in [1.29, 1.82) is 0 Å². The van der Waals surface area contributed by atoms with Gasteiger partial charge in [-0.25, -0.2) is 8.42 Å². The summed E-state index contributed by atoms with van der Waals surface area (Å²) in [6.45, 7) is 0.535. The lowest BCUT2D eigenvalue weighted by Crippen LogP contribution is -2.38. The number of nitrogens with zero attached hydrogens (tertiary/aromatic N) is 1. The fraction of sp³-hybridized carbons (Fsp3) is 0.364. The van der Waals surface area contributed by atoms with Crippen LogP contribution in [0.4, 0.5) is 0 Å². The van der Waals surface area contributed by atoms with Gasteiger partial charge in [0.25, 0.3) is 0 Å². The van der Waals surface area contributed by atoms with Gasteiger partial charge < -0.3 is 0 Å². The van der Waals surface area contributed by atoms with Gasteiger partial charge in [-0.15, -0.1) is 0 Å². The van der Waals surface area contributed by atoms with Gasteiger partial charge >= 0.3 is 0 Å². The van der Waals surface area contributed by atoms with E-state index in [1.807, 2.05) is 0 Å². The Labute approximate surface area is 105 Å². The standard InChI is InChI=1S/C11H12ClNO3S/c12-9-1-3-11(4-2-9)17(15,16)13-7-5-10(14)6-8-13/h1-4H,5-8H2. The first-order chi connectivity index (χ1) is 8.00. The van der Waals surface area contributed by atoms with Crippen LogP contribution in [0.1, 0.15) is 12.8 Å². The van der Waals surface area contributed by atoms with E-state index in [4.69, 9.17) is 11.6 Å². The van der Waals surface area contributed by atoms with Crippen molar-refractivity contribution in [3.8, 4) is 0 Å². The van der Waals surface area contributed by atoms with Crippen molar-refractivity contribution in [3.63, 3.8) is 0 Å². The Bertz CT molecular complexity index is 514. The first-order valence-corrected chi connectivity index (χ1v) is 7.09. The predicted octanol–water partition coefficient (Wildman–Crippen LogP) is 1.69. The molecule has 6 heteroatoms. The molecule has 17 heavy (non-hydrogen) atoms. The van der Waals surface area contributed by atoms with Crippen molar-refractivity contribution < 1.29 is 13.2 Å². The average molecular weight is 274 g/mol. The molecular formula is C11H12ClNO3S. The number of piperidine rings is 1. The van der Waals surface area contributed by atoms with Gasteiger partial charge in [-0.3, -0.25) is 4.79 Å². The Hall–Kier alpha value is -0.910. The van der Waals surface area contributed by atoms with Crippen molar-refractivity contribution in [2.24, 2.45) is 0 Å². The molecule has 1 aliphatic rings. The molecule has 0 bridgehead atoms. The molecular weight excluding hydrogens is 262 g/mol. The molecule has 0 aliphatic carbocycles. The maximum Gasteiger partial charge on any atom is 0.243 e. The molecule has 0 saturated carbocycles. The largest absolute Gasteiger partial charge is 0.300 e. The van der Waals surface area contributed by atoms with E-state index >= 15 is 0 Å². The zero-order valence-corrected chi connectivity index (χ0v) is 10.7. The number of Topliss-reactive ketones (excluding diaryl/α,β-unsaturated/α-hetero) is 1. The number of hydrogen-bond donors (Lipinski definition) is 0. The summed E-state index contributed by atoms with van der Waals surface area (Å²) in [6, 6.07) is 6.05. The third-order valence-corrected chi connectivity index (χ3v) is 4.90. The molecule has 2 rings (SSSR count). The lowest BCUT2D eigenvalue weighted by molar-refractivity contribution is -0.120. The molecule has 0 amide bonds. The van der Waals surface area contributed by atoms with Crippen LogP contribution < -0.4 is 0 Å². The minimum absolute atomic E-state index is 0.118. The van der Waals surface area contributed by atoms with E-state index in [9.17, 15) is 13.2 Å². The first kappa shape index (κ1) is 12.5. The number of carbonyl (C=O) groups is 1. The summed E-state index contributed by atoms with van der Waals surface area (Å²) in [4.78, 5) is 11.3. The summed E-state index contributed by atoms with van der Waals surface area (Å²) in [5.74, 6) is 0.118. The summed E-state index contributed by atoms with van der Waals surface area (Å²) in [7, 11) is -3.48. The highest BCUT2D eigenvalue weighted by atomic mass is 35.5. The lowest BCUT2D eigenvalue weighted by atomic mass is 10.1. The molecule has 4 nitrogen and oxygen atoms in total. The van der Waals surface area contributed by atoms with Crippen LogP contribution in [0.25, 0.3) is 0 Å². The fourth-order valence-electron chi connectivity index (χ4n) is 1.73. The molecule has 0 aromatic heterocycles. The Morgan fingerprint density at radius 3 is 2.12 bits per heavy atom. The molecule has 1 saturated heterocycles. The number of hydrogen-bond acceptors (Lipinski definition) is 3. The Morgan fingerprint density at radius 1 is 1.06 bits per heavy atom. The number of rotatable bonds is 2. The van der Waals surface area contributed by atoms with Crippen molar-refractivity contribution >= 4 is 27.4 Å². The van der Waals surface area contributed by atoms with Gasteiger partial charge in [-0.05, 0) is 24.3 Å². The number of sulfonamides is 1. The van der Waals surface area contributed by atoms with E-state index in [2.05, 4.69) is 0 Å². The van der Waals surface area contributed by atoms with Crippen LogP contribution in [-0.4, -0.2) is 31.6 Å². The maximum atomic E-state index is 12.2. The smallest absolute Gasteiger partial charge is 0.243 e. The van der Waals surface area contributed by atoms with Crippen molar-refractivity contribution in [2.45, 2.75) is 17.7 Å². The molecule has 0 unspecified atom stereocenters. The second-order valence-corrected chi connectivity index (χ2v) is 6.27. The SMILES string of the molecule is O=C1CCN(S(=O)(=O)c2ccc(Cl)cc2)CC1. The maximum absolute atomic E-state index is 12.2. The predicted molar refractivity (Wildman–Crippen MR) is 64.5 cm³/mol. The molecule has 1 aromatic carbocycles. The fourth-order valence-corrected chi connectivity index (χ4v) is 3.30. The second-order valence-electron chi connectivity index (χ2n) is 3.90. The molecule has 1 fully saturated rings. The zero-order valence-electron chi connectivity index (χ0n) is 9.10. The monoisotopic (exact) mass is 273 g/mol. The molecule has 1 aliphatic heterocycles. The molecule has 0 radical (unpaired) electrons. The molecule has 92 valence electrons. The highest BCUT2D eigenvalue weighted by Crippen LogP contribution is 2.20. The van der Waals surface area contributed by atoms with E-state index in [0.717, 1.165) is 0 Å². The average Bonchev–Trinajstić information content (AvgIpc) is 2.30. The summed E-state index contributed by atoms with van der Waals surface area (Å²) in [5.41, 5.74) is 0. The highest BCUT2D eigenvalue weighted by molar-refractivity contribution is 7.89. The van der Waals surface area contributed by atoms with Crippen LogP contribution >= 0.6 is 11.6 Å². The van der Waals surface area contributed by atoms with Gasteiger partial charge in [-0.2, -0.15) is 4.31 Å². The quantitative estimate of drug-likeness (QED) is 0.824. The number of carbonyl (C=O) groups excluding carboxylic acids is 1. The van der Waals surface area contributed by atoms with Crippen LogP contribution in [0.15, 0.2) is 29.2 Å². The second kappa shape index (κ2) is 4.76. The molecule has 0 N–H and O–H groups in total. The van der Waals surface area contributed by atoms with Gasteiger partial charge in [0.05, 0.1) is 4.90 Å². The Morgan fingerprint density at radius 2 is 1.59 bits per heavy atom. The van der Waals surface area contributed by atoms with Crippen molar-refractivity contribution in [3.05, 3.63) is 29.3 Å². The van der Waals surface area contributed by atoms with Gasteiger partial charge in [0.1, 0.15) is 5.78 Å². The molecule has 1 aromatic rings. The molecule has 0 atom stereocenters. The van der Waals surface area contributed by atoms with E-state index in [-0.39, 0.29) is 23.8 Å². The van der Waals surface area contributed by atoms with E-state index in [1.54, 1.807) is 12.1 Å². The zero-order chi connectivity index (χ0) is 12.5. The number of halogens is 1. The molecule has 1 heterocycles. The minimum atomic E-state index is -3.48. The summed E-state index contributed by atoms with van der Waals surface area (Å²) < 4.78 is 25.7. The van der Waals surface area contributed by atoms with Crippen LogP contribution in [0.2, 0.25) is 5.02 Å². The molecule has 0 spiro atoms. The van der Waals surface area contributed by atoms with Gasteiger partial charge in [-0.1, -0.05) is 11.6 Å². The summed E-state index contributed by atoms with van der Waals surface area (Å²) in [5, 5.41) is 0.498. The minimum Gasteiger partial charge on any atom is -0.300 e. The van der Waals surface area contributed by atoms with E-state index in [1.165, 1.54) is 16.4 Å². The van der Waals surface area contributed by atoms with Gasteiger partial charge in [0, 0.05) is 31.0 Å². The van der Waals surface area contributed by atoms with Crippen LogP contribution in [-0.2, 0) is 14.8 Å². The first-order valence-electron chi connectivity index (χ1n) is 5.27. The van der Waals surface area contributed by atoms with Gasteiger partial charge in [0.15, 0.2) is 0 Å². The number of ketones is 1. The van der Waals surface area contributed by atoms with Crippen LogP contribution in [0, 0.1) is 0 Å². The third-order valence-electron chi connectivity index (χ3n) is 2.73. The third kappa shape index (κ3) is 2.68. The van der Waals surface area contributed by atoms with Crippen molar-refractivity contribution in [2.75, 3.05) is 13.1 Å². The van der Waals surface area contributed by atoms with Gasteiger partial charge in [0.2, 0.25) is 10.0 Å². The van der Waals surface area contributed by atoms with E-state index < -0.39 is 10.0 Å². The Balaban J connectivity index is 2.24. The summed E-state index contributed by atoms with van der Waals surface area (Å²) >= 11 is 5.71.